The Labute approximate surface area is 129 Å². The molecule has 0 aliphatic carbocycles. The normalized spacial score (nSPS) is 10.2. The highest BCUT2D eigenvalue weighted by molar-refractivity contribution is 5.49. The van der Waals surface area contributed by atoms with Gasteiger partial charge in [0.05, 0.1) is 11.4 Å². The topological polar surface area (TPSA) is 50.8 Å². The molecule has 0 saturated heterocycles. The third-order valence-electron chi connectivity index (χ3n) is 3.33. The molecule has 0 atom stereocenters. The van der Waals surface area contributed by atoms with Gasteiger partial charge in [-0.1, -0.05) is 30.3 Å². The van der Waals surface area contributed by atoms with Crippen molar-refractivity contribution in [2.24, 2.45) is 0 Å². The fourth-order valence-corrected chi connectivity index (χ4v) is 2.26. The zero-order chi connectivity index (χ0) is 15.5. The SMILES string of the molecule is Cc1cccc(Oc2c(C#N)c(C)nn2-c2ccccc2)c1. The number of para-hydroxylation sites is 1. The lowest BCUT2D eigenvalue weighted by molar-refractivity contribution is 0.443. The summed E-state index contributed by atoms with van der Waals surface area (Å²) < 4.78 is 7.63. The Morgan fingerprint density at radius 3 is 2.50 bits per heavy atom. The predicted molar refractivity (Wildman–Crippen MR) is 84.3 cm³/mol. The molecule has 3 rings (SSSR count). The fraction of sp³-hybridized carbons (Fsp3) is 0.111. The van der Waals surface area contributed by atoms with Gasteiger partial charge in [0.1, 0.15) is 17.4 Å². The average molecular weight is 289 g/mol. The second-order valence-corrected chi connectivity index (χ2v) is 5.04. The molecule has 0 unspecified atom stereocenters. The van der Waals surface area contributed by atoms with Crippen molar-refractivity contribution >= 4 is 0 Å². The van der Waals surface area contributed by atoms with E-state index in [4.69, 9.17) is 4.74 Å². The molecule has 2 aromatic carbocycles. The molecule has 0 radical (unpaired) electrons. The van der Waals surface area contributed by atoms with Gasteiger partial charge in [-0.25, -0.2) is 0 Å². The van der Waals surface area contributed by atoms with Crippen LogP contribution in [0.2, 0.25) is 0 Å². The van der Waals surface area contributed by atoms with E-state index in [-0.39, 0.29) is 0 Å². The van der Waals surface area contributed by atoms with Gasteiger partial charge in [0.2, 0.25) is 5.88 Å². The minimum absolute atomic E-state index is 0.441. The first kappa shape index (κ1) is 13.9. The molecule has 3 aromatic rings. The molecule has 0 aliphatic rings. The van der Waals surface area contributed by atoms with Gasteiger partial charge in [-0.3, -0.25) is 0 Å². The van der Waals surface area contributed by atoms with E-state index < -0.39 is 0 Å². The summed E-state index contributed by atoms with van der Waals surface area (Å²) in [6, 6.07) is 19.5. The van der Waals surface area contributed by atoms with Gasteiger partial charge >= 0.3 is 0 Å². The summed E-state index contributed by atoms with van der Waals surface area (Å²) in [7, 11) is 0. The molecule has 0 N–H and O–H groups in total. The minimum Gasteiger partial charge on any atom is -0.438 e. The lowest BCUT2D eigenvalue weighted by atomic mass is 10.2. The fourth-order valence-electron chi connectivity index (χ4n) is 2.26. The van der Waals surface area contributed by atoms with Crippen molar-refractivity contribution in [3.63, 3.8) is 0 Å². The predicted octanol–water partition coefficient (Wildman–Crippen LogP) is 4.15. The summed E-state index contributed by atoms with van der Waals surface area (Å²) in [5.41, 5.74) is 3.05. The molecule has 0 amide bonds. The average Bonchev–Trinajstić information content (AvgIpc) is 2.84. The minimum atomic E-state index is 0.441. The lowest BCUT2D eigenvalue weighted by Crippen LogP contribution is -2.00. The van der Waals surface area contributed by atoms with Crippen LogP contribution in [0.5, 0.6) is 11.6 Å². The van der Waals surface area contributed by atoms with Crippen molar-refractivity contribution in [1.29, 1.82) is 5.26 Å². The standard InChI is InChI=1S/C18H15N3O/c1-13-7-6-10-16(11-13)22-18-17(12-19)14(2)20-21(18)15-8-4-3-5-9-15/h3-11H,1-2H3. The Morgan fingerprint density at radius 1 is 1.05 bits per heavy atom. The largest absolute Gasteiger partial charge is 0.438 e. The van der Waals surface area contributed by atoms with Crippen LogP contribution in [-0.2, 0) is 0 Å². The van der Waals surface area contributed by atoms with Crippen molar-refractivity contribution in [3.8, 4) is 23.4 Å². The number of hydrogen-bond acceptors (Lipinski definition) is 3. The number of nitriles is 1. The van der Waals surface area contributed by atoms with Gasteiger partial charge in [-0.2, -0.15) is 15.0 Å². The van der Waals surface area contributed by atoms with Gasteiger partial charge in [0.15, 0.2) is 0 Å². The van der Waals surface area contributed by atoms with Gasteiger partial charge < -0.3 is 4.74 Å². The highest BCUT2D eigenvalue weighted by atomic mass is 16.5. The molecule has 22 heavy (non-hydrogen) atoms. The number of nitrogens with zero attached hydrogens (tertiary/aromatic N) is 3. The van der Waals surface area contributed by atoms with Gasteiger partial charge in [0, 0.05) is 0 Å². The van der Waals surface area contributed by atoms with Crippen LogP contribution in [0.25, 0.3) is 5.69 Å². The van der Waals surface area contributed by atoms with Crippen LogP contribution >= 0.6 is 0 Å². The van der Waals surface area contributed by atoms with Gasteiger partial charge in [-0.15, -0.1) is 0 Å². The summed E-state index contributed by atoms with van der Waals surface area (Å²) in [6.45, 7) is 3.80. The molecule has 0 bridgehead atoms. The molecule has 1 heterocycles. The molecular weight excluding hydrogens is 274 g/mol. The zero-order valence-electron chi connectivity index (χ0n) is 12.4. The summed E-state index contributed by atoms with van der Waals surface area (Å²) in [5, 5.41) is 13.8. The van der Waals surface area contributed by atoms with E-state index in [0.717, 1.165) is 11.3 Å². The Balaban J connectivity index is 2.11. The number of aryl methyl sites for hydroxylation is 2. The van der Waals surface area contributed by atoms with E-state index in [1.54, 1.807) is 11.6 Å². The maximum Gasteiger partial charge on any atom is 0.240 e. The smallest absolute Gasteiger partial charge is 0.240 e. The molecule has 0 aliphatic heterocycles. The zero-order valence-corrected chi connectivity index (χ0v) is 12.4. The van der Waals surface area contributed by atoms with Crippen LogP contribution in [0, 0.1) is 25.2 Å². The molecular formula is C18H15N3O. The number of benzene rings is 2. The van der Waals surface area contributed by atoms with Crippen LogP contribution in [0.4, 0.5) is 0 Å². The molecule has 4 heteroatoms. The van der Waals surface area contributed by atoms with Crippen LogP contribution in [0.3, 0.4) is 0 Å². The van der Waals surface area contributed by atoms with Crippen molar-refractivity contribution in [3.05, 3.63) is 71.4 Å². The second-order valence-electron chi connectivity index (χ2n) is 5.04. The van der Waals surface area contributed by atoms with Crippen LogP contribution in [0.1, 0.15) is 16.8 Å². The highest BCUT2D eigenvalue weighted by Gasteiger charge is 2.18. The first-order valence-corrected chi connectivity index (χ1v) is 6.98. The van der Waals surface area contributed by atoms with E-state index in [1.165, 1.54) is 0 Å². The van der Waals surface area contributed by atoms with Crippen molar-refractivity contribution in [2.45, 2.75) is 13.8 Å². The molecule has 0 fully saturated rings. The summed E-state index contributed by atoms with van der Waals surface area (Å²) >= 11 is 0. The van der Waals surface area contributed by atoms with Crippen molar-refractivity contribution in [1.82, 2.24) is 9.78 Å². The highest BCUT2D eigenvalue weighted by Crippen LogP contribution is 2.30. The number of rotatable bonds is 3. The molecule has 1 aromatic heterocycles. The molecule has 0 spiro atoms. The third kappa shape index (κ3) is 2.57. The van der Waals surface area contributed by atoms with E-state index in [1.807, 2.05) is 61.5 Å². The number of ether oxygens (including phenoxy) is 1. The summed E-state index contributed by atoms with van der Waals surface area (Å²) in [6.07, 6.45) is 0. The Kier molecular flexibility index (Phi) is 3.63. The van der Waals surface area contributed by atoms with Gasteiger partial charge in [0.25, 0.3) is 0 Å². The lowest BCUT2D eigenvalue weighted by Gasteiger charge is -2.09. The Bertz CT molecular complexity index is 845. The van der Waals surface area contributed by atoms with E-state index in [9.17, 15) is 5.26 Å². The second kappa shape index (κ2) is 5.74. The van der Waals surface area contributed by atoms with Gasteiger partial charge in [-0.05, 0) is 43.7 Å². The van der Waals surface area contributed by atoms with E-state index >= 15 is 0 Å². The first-order chi connectivity index (χ1) is 10.7. The number of aromatic nitrogens is 2. The summed E-state index contributed by atoms with van der Waals surface area (Å²) in [4.78, 5) is 0. The maximum absolute atomic E-state index is 9.41. The Hall–Kier alpha value is -3.06. The third-order valence-corrected chi connectivity index (χ3v) is 3.33. The quantitative estimate of drug-likeness (QED) is 0.727. The van der Waals surface area contributed by atoms with Crippen LogP contribution in [-0.4, -0.2) is 9.78 Å². The summed E-state index contributed by atoms with van der Waals surface area (Å²) in [5.74, 6) is 1.13. The van der Waals surface area contributed by atoms with E-state index in [0.29, 0.717) is 22.9 Å². The monoisotopic (exact) mass is 289 g/mol. The number of hydrogen-bond donors (Lipinski definition) is 0. The van der Waals surface area contributed by atoms with E-state index in [2.05, 4.69) is 11.2 Å². The van der Waals surface area contributed by atoms with Crippen molar-refractivity contribution < 1.29 is 4.74 Å². The van der Waals surface area contributed by atoms with Crippen LogP contribution in [0.15, 0.2) is 54.6 Å². The Morgan fingerprint density at radius 2 is 1.82 bits per heavy atom. The first-order valence-electron chi connectivity index (χ1n) is 6.98. The molecule has 108 valence electrons. The maximum atomic E-state index is 9.41. The molecule has 0 saturated carbocycles. The van der Waals surface area contributed by atoms with Crippen molar-refractivity contribution in [2.75, 3.05) is 0 Å². The van der Waals surface area contributed by atoms with Crippen LogP contribution < -0.4 is 4.74 Å². The molecule has 4 nitrogen and oxygen atoms in total.